The average molecular weight is 337 g/mol. The molecule has 1 amide bonds. The Morgan fingerprint density at radius 1 is 1.16 bits per heavy atom. The van der Waals surface area contributed by atoms with Crippen LogP contribution < -0.4 is 5.32 Å². The molecule has 0 aliphatic carbocycles. The lowest BCUT2D eigenvalue weighted by Crippen LogP contribution is -2.31. The normalized spacial score (nSPS) is 10.7. The highest BCUT2D eigenvalue weighted by Gasteiger charge is 2.23. The van der Waals surface area contributed by atoms with E-state index >= 15 is 0 Å². The predicted octanol–water partition coefficient (Wildman–Crippen LogP) is 1.72. The number of carbonyl (C=O) groups excluding carboxylic acids is 2. The van der Waals surface area contributed by atoms with Crippen LogP contribution in [0.5, 0.6) is 0 Å². The first kappa shape index (κ1) is 16.6. The highest BCUT2D eigenvalue weighted by molar-refractivity contribution is 6.43. The summed E-state index contributed by atoms with van der Waals surface area (Å²) in [6, 6.07) is 7.67. The monoisotopic (exact) mass is 337 g/mol. The second-order valence-electron chi connectivity index (χ2n) is 5.82. The molecule has 1 N–H and O–H groups in total. The first-order chi connectivity index (χ1) is 12.0. The van der Waals surface area contributed by atoms with Crippen molar-refractivity contribution in [3.8, 4) is 5.69 Å². The smallest absolute Gasteiger partial charge is 0.292 e. The molecule has 25 heavy (non-hydrogen) atoms. The first-order valence-electron chi connectivity index (χ1n) is 7.87. The van der Waals surface area contributed by atoms with E-state index in [0.29, 0.717) is 17.0 Å². The maximum Gasteiger partial charge on any atom is 0.292 e. The number of Topliss-reactive ketones (excluding diaryl/α,β-unsaturated/α-hetero) is 1. The Morgan fingerprint density at radius 2 is 1.88 bits per heavy atom. The number of rotatable bonds is 5. The molecule has 7 nitrogen and oxygen atoms in total. The number of nitrogens with one attached hydrogen (secondary N) is 1. The van der Waals surface area contributed by atoms with Crippen molar-refractivity contribution < 1.29 is 9.59 Å². The molecule has 0 fully saturated rings. The van der Waals surface area contributed by atoms with Crippen LogP contribution in [0.1, 0.15) is 27.3 Å². The van der Waals surface area contributed by atoms with Gasteiger partial charge in [-0.25, -0.2) is 4.98 Å². The molecule has 7 heteroatoms. The molecule has 0 atom stereocenters. The van der Waals surface area contributed by atoms with Crippen molar-refractivity contribution in [3.05, 3.63) is 65.5 Å². The van der Waals surface area contributed by atoms with Gasteiger partial charge < -0.3 is 9.88 Å². The van der Waals surface area contributed by atoms with Gasteiger partial charge in [0.25, 0.3) is 11.7 Å². The molecule has 0 aliphatic rings. The van der Waals surface area contributed by atoms with Crippen LogP contribution in [0.2, 0.25) is 0 Å². The van der Waals surface area contributed by atoms with Gasteiger partial charge in [0.05, 0.1) is 17.6 Å². The molecule has 0 spiro atoms. The fourth-order valence-electron chi connectivity index (χ4n) is 2.68. The number of carbonyl (C=O) groups is 2. The summed E-state index contributed by atoms with van der Waals surface area (Å²) in [5.41, 5.74) is 3.50. The van der Waals surface area contributed by atoms with Crippen LogP contribution in [0, 0.1) is 13.8 Å². The van der Waals surface area contributed by atoms with Gasteiger partial charge in [-0.15, -0.1) is 0 Å². The van der Waals surface area contributed by atoms with Crippen LogP contribution in [-0.2, 0) is 18.4 Å². The zero-order valence-electron chi connectivity index (χ0n) is 14.4. The Morgan fingerprint density at radius 3 is 2.44 bits per heavy atom. The molecule has 1 aromatic carbocycles. The molecule has 0 saturated carbocycles. The summed E-state index contributed by atoms with van der Waals surface area (Å²) >= 11 is 0. The Kier molecular flexibility index (Phi) is 4.47. The summed E-state index contributed by atoms with van der Waals surface area (Å²) in [5.74, 6) is -1.18. The summed E-state index contributed by atoms with van der Waals surface area (Å²) in [6.45, 7) is 3.78. The Hall–Kier alpha value is -3.22. The fourth-order valence-corrected chi connectivity index (χ4v) is 2.68. The van der Waals surface area contributed by atoms with E-state index in [4.69, 9.17) is 0 Å². The van der Waals surface area contributed by atoms with Crippen LogP contribution in [0.3, 0.4) is 0 Å². The third kappa shape index (κ3) is 3.35. The molecule has 0 unspecified atom stereocenters. The number of hydrogen-bond acceptors (Lipinski definition) is 4. The van der Waals surface area contributed by atoms with E-state index in [9.17, 15) is 9.59 Å². The topological polar surface area (TPSA) is 81.8 Å². The molecular weight excluding hydrogens is 318 g/mol. The van der Waals surface area contributed by atoms with Gasteiger partial charge in [0, 0.05) is 37.4 Å². The van der Waals surface area contributed by atoms with E-state index in [-0.39, 0.29) is 6.54 Å². The Labute approximate surface area is 145 Å². The zero-order valence-corrected chi connectivity index (χ0v) is 14.4. The number of hydrogen-bond donors (Lipinski definition) is 1. The third-order valence-electron chi connectivity index (χ3n) is 4.13. The van der Waals surface area contributed by atoms with Crippen molar-refractivity contribution in [2.45, 2.75) is 20.4 Å². The number of benzene rings is 1. The number of aromatic nitrogens is 4. The lowest BCUT2D eigenvalue weighted by atomic mass is 10.1. The number of ketones is 1. The van der Waals surface area contributed by atoms with Gasteiger partial charge in [0.15, 0.2) is 0 Å². The van der Waals surface area contributed by atoms with Gasteiger partial charge in [-0.05, 0) is 31.5 Å². The lowest BCUT2D eigenvalue weighted by Gasteiger charge is -2.07. The summed E-state index contributed by atoms with van der Waals surface area (Å²) in [5, 5.41) is 6.85. The largest absolute Gasteiger partial charge is 0.345 e. The van der Waals surface area contributed by atoms with Crippen LogP contribution in [0.4, 0.5) is 0 Å². The van der Waals surface area contributed by atoms with Crippen molar-refractivity contribution >= 4 is 11.7 Å². The summed E-state index contributed by atoms with van der Waals surface area (Å²) in [7, 11) is 1.75. The van der Waals surface area contributed by atoms with Gasteiger partial charge in [-0.2, -0.15) is 5.10 Å². The molecule has 128 valence electrons. The summed E-state index contributed by atoms with van der Waals surface area (Å²) in [4.78, 5) is 28.5. The second-order valence-corrected chi connectivity index (χ2v) is 5.82. The van der Waals surface area contributed by atoms with Crippen LogP contribution >= 0.6 is 0 Å². The third-order valence-corrected chi connectivity index (χ3v) is 4.13. The molecule has 3 rings (SSSR count). The minimum absolute atomic E-state index is 0.285. The van der Waals surface area contributed by atoms with Gasteiger partial charge in [0.1, 0.15) is 0 Å². The maximum absolute atomic E-state index is 12.4. The van der Waals surface area contributed by atoms with Gasteiger partial charge in [0.2, 0.25) is 0 Å². The lowest BCUT2D eigenvalue weighted by molar-refractivity contribution is -0.117. The number of nitrogens with zero attached hydrogens (tertiary/aromatic N) is 4. The predicted molar refractivity (Wildman–Crippen MR) is 92.4 cm³/mol. The molecule has 0 radical (unpaired) electrons. The first-order valence-corrected chi connectivity index (χ1v) is 7.87. The van der Waals surface area contributed by atoms with Gasteiger partial charge in [-0.3, -0.25) is 14.3 Å². The van der Waals surface area contributed by atoms with E-state index in [1.54, 1.807) is 38.1 Å². The Balaban J connectivity index is 1.65. The Bertz CT molecular complexity index is 908. The van der Waals surface area contributed by atoms with E-state index in [1.807, 2.05) is 35.0 Å². The SMILES string of the molecule is Cc1nn(C)c(C)c1C(=O)C(=O)NCc1ccc(-n2ccnc2)cc1. The minimum atomic E-state index is -0.627. The number of amides is 1. The summed E-state index contributed by atoms with van der Waals surface area (Å²) in [6.07, 6.45) is 5.28. The second kappa shape index (κ2) is 6.72. The molecular formula is C18H19N5O2. The number of imidazole rings is 1. The highest BCUT2D eigenvalue weighted by atomic mass is 16.2. The van der Waals surface area contributed by atoms with E-state index < -0.39 is 11.7 Å². The van der Waals surface area contributed by atoms with Crippen molar-refractivity contribution in [3.63, 3.8) is 0 Å². The molecule has 2 heterocycles. The molecule has 0 saturated heterocycles. The van der Waals surface area contributed by atoms with Gasteiger partial charge >= 0.3 is 0 Å². The number of aryl methyl sites for hydroxylation is 2. The molecule has 3 aromatic rings. The maximum atomic E-state index is 12.4. The van der Waals surface area contributed by atoms with E-state index in [2.05, 4.69) is 15.4 Å². The summed E-state index contributed by atoms with van der Waals surface area (Å²) < 4.78 is 3.49. The van der Waals surface area contributed by atoms with Crippen LogP contribution in [0.25, 0.3) is 5.69 Å². The minimum Gasteiger partial charge on any atom is -0.345 e. The zero-order chi connectivity index (χ0) is 18.0. The van der Waals surface area contributed by atoms with Crippen molar-refractivity contribution in [2.75, 3.05) is 0 Å². The van der Waals surface area contributed by atoms with E-state index in [1.165, 1.54) is 0 Å². The highest BCUT2D eigenvalue weighted by Crippen LogP contribution is 2.13. The van der Waals surface area contributed by atoms with Crippen molar-refractivity contribution in [2.24, 2.45) is 7.05 Å². The molecule has 0 bridgehead atoms. The molecule has 0 aliphatic heterocycles. The quantitative estimate of drug-likeness (QED) is 0.568. The fraction of sp³-hybridized carbons (Fsp3) is 0.222. The van der Waals surface area contributed by atoms with Crippen molar-refractivity contribution in [1.82, 2.24) is 24.6 Å². The average Bonchev–Trinajstić information content (AvgIpc) is 3.22. The standard InChI is InChI=1S/C18H19N5O2/c1-12-16(13(2)22(3)21-12)17(24)18(25)20-10-14-4-6-15(7-5-14)23-9-8-19-11-23/h4-9,11H,10H2,1-3H3,(H,20,25). The van der Waals surface area contributed by atoms with Crippen molar-refractivity contribution in [1.29, 1.82) is 0 Å². The van der Waals surface area contributed by atoms with Crippen LogP contribution in [-0.4, -0.2) is 31.0 Å². The van der Waals surface area contributed by atoms with E-state index in [0.717, 1.165) is 11.3 Å². The van der Waals surface area contributed by atoms with Gasteiger partial charge in [-0.1, -0.05) is 12.1 Å². The van der Waals surface area contributed by atoms with Crippen LogP contribution in [0.15, 0.2) is 43.0 Å². The molecule has 2 aromatic heterocycles.